The Morgan fingerprint density at radius 3 is 2.32 bits per heavy atom. The summed E-state index contributed by atoms with van der Waals surface area (Å²) in [6.07, 6.45) is 0. The highest BCUT2D eigenvalue weighted by molar-refractivity contribution is 5.51. The number of nitrogens with one attached hydrogen (secondary N) is 1. The number of methoxy groups -OCH3 is 1. The predicted octanol–water partition coefficient (Wildman–Crippen LogP) is 5.19. The molecule has 0 unspecified atom stereocenters. The van der Waals surface area contributed by atoms with Gasteiger partial charge in [-0.15, -0.1) is 0 Å². The van der Waals surface area contributed by atoms with Crippen LogP contribution in [0.4, 0.5) is 5.69 Å². The smallest absolute Gasteiger partial charge is 0.161 e. The second-order valence-electron chi connectivity index (χ2n) is 5.93. The molecule has 0 radical (unpaired) electrons. The third-order valence-corrected chi connectivity index (χ3v) is 4.09. The molecule has 128 valence electrons. The number of anilines is 1. The average Bonchev–Trinajstić information content (AvgIpc) is 2.67. The number of benzene rings is 3. The maximum atomic E-state index is 5.91. The molecule has 0 fully saturated rings. The molecule has 0 spiro atoms. The van der Waals surface area contributed by atoms with Crippen molar-refractivity contribution in [3.63, 3.8) is 0 Å². The van der Waals surface area contributed by atoms with E-state index < -0.39 is 0 Å². The second-order valence-corrected chi connectivity index (χ2v) is 5.93. The molecule has 1 N–H and O–H groups in total. The maximum absolute atomic E-state index is 5.91. The van der Waals surface area contributed by atoms with E-state index in [9.17, 15) is 0 Å². The Morgan fingerprint density at radius 2 is 1.56 bits per heavy atom. The maximum Gasteiger partial charge on any atom is 0.161 e. The molecule has 0 saturated carbocycles. The van der Waals surface area contributed by atoms with Gasteiger partial charge in [-0.25, -0.2) is 0 Å². The molecule has 0 atom stereocenters. The van der Waals surface area contributed by atoms with E-state index >= 15 is 0 Å². The van der Waals surface area contributed by atoms with Crippen LogP contribution in [0, 0.1) is 6.92 Å². The van der Waals surface area contributed by atoms with E-state index in [1.54, 1.807) is 7.11 Å². The first-order chi connectivity index (χ1) is 12.3. The molecule has 3 aromatic rings. The zero-order valence-electron chi connectivity index (χ0n) is 14.7. The summed E-state index contributed by atoms with van der Waals surface area (Å²) in [5, 5.41) is 3.46. The topological polar surface area (TPSA) is 30.5 Å². The van der Waals surface area contributed by atoms with Gasteiger partial charge in [-0.3, -0.25) is 0 Å². The predicted molar refractivity (Wildman–Crippen MR) is 102 cm³/mol. The molecular weight excluding hydrogens is 310 g/mol. The van der Waals surface area contributed by atoms with Gasteiger partial charge in [0, 0.05) is 12.2 Å². The lowest BCUT2D eigenvalue weighted by molar-refractivity contribution is 0.284. The summed E-state index contributed by atoms with van der Waals surface area (Å²) >= 11 is 0. The molecule has 0 bridgehead atoms. The van der Waals surface area contributed by atoms with Crippen molar-refractivity contribution in [1.82, 2.24) is 0 Å². The van der Waals surface area contributed by atoms with E-state index in [2.05, 4.69) is 30.4 Å². The molecule has 0 aliphatic rings. The lowest BCUT2D eigenvalue weighted by Crippen LogP contribution is -2.02. The number of hydrogen-bond acceptors (Lipinski definition) is 3. The molecule has 0 saturated heterocycles. The van der Waals surface area contributed by atoms with Gasteiger partial charge in [0.2, 0.25) is 0 Å². The van der Waals surface area contributed by atoms with Gasteiger partial charge in [-0.1, -0.05) is 54.6 Å². The largest absolute Gasteiger partial charge is 0.493 e. The summed E-state index contributed by atoms with van der Waals surface area (Å²) in [5.41, 5.74) is 4.66. The van der Waals surface area contributed by atoms with Crippen LogP contribution in [0.1, 0.15) is 16.7 Å². The molecule has 0 amide bonds. The molecule has 3 aromatic carbocycles. The summed E-state index contributed by atoms with van der Waals surface area (Å²) in [6, 6.07) is 24.4. The van der Waals surface area contributed by atoms with Crippen molar-refractivity contribution in [3.8, 4) is 11.5 Å². The van der Waals surface area contributed by atoms with Gasteiger partial charge in [0.25, 0.3) is 0 Å². The van der Waals surface area contributed by atoms with Gasteiger partial charge in [-0.05, 0) is 41.8 Å². The highest BCUT2D eigenvalue weighted by atomic mass is 16.5. The number of aryl methyl sites for hydroxylation is 1. The van der Waals surface area contributed by atoms with Crippen molar-refractivity contribution in [2.45, 2.75) is 20.1 Å². The molecule has 0 aliphatic heterocycles. The summed E-state index contributed by atoms with van der Waals surface area (Å²) in [4.78, 5) is 0. The Kier molecular flexibility index (Phi) is 5.57. The van der Waals surface area contributed by atoms with Gasteiger partial charge in [0.1, 0.15) is 6.61 Å². The summed E-state index contributed by atoms with van der Waals surface area (Å²) in [6.45, 7) is 3.36. The average molecular weight is 333 g/mol. The first kappa shape index (κ1) is 16.9. The van der Waals surface area contributed by atoms with Crippen LogP contribution in [0.25, 0.3) is 0 Å². The molecule has 3 rings (SSSR count). The van der Waals surface area contributed by atoms with E-state index in [-0.39, 0.29) is 0 Å². The second kappa shape index (κ2) is 8.25. The van der Waals surface area contributed by atoms with Crippen LogP contribution in [0.3, 0.4) is 0 Å². The SMILES string of the molecule is COc1cc(CNc2ccccc2C)ccc1OCc1ccccc1. The fraction of sp³-hybridized carbons (Fsp3) is 0.182. The zero-order chi connectivity index (χ0) is 17.5. The van der Waals surface area contributed by atoms with Crippen LogP contribution in [0.15, 0.2) is 72.8 Å². The molecule has 0 aliphatic carbocycles. The number of para-hydroxylation sites is 1. The first-order valence-electron chi connectivity index (χ1n) is 8.39. The molecule has 0 heterocycles. The standard InChI is InChI=1S/C22H23NO2/c1-17-8-6-7-11-20(17)23-15-19-12-13-21(22(14-19)24-2)25-16-18-9-4-3-5-10-18/h3-14,23H,15-16H2,1-2H3. The number of ether oxygens (including phenoxy) is 2. The van der Waals surface area contributed by atoms with Crippen molar-refractivity contribution in [3.05, 3.63) is 89.5 Å². The van der Waals surface area contributed by atoms with Crippen molar-refractivity contribution < 1.29 is 9.47 Å². The fourth-order valence-electron chi connectivity index (χ4n) is 2.65. The van der Waals surface area contributed by atoms with Crippen LogP contribution in [-0.2, 0) is 13.2 Å². The van der Waals surface area contributed by atoms with Crippen LogP contribution in [-0.4, -0.2) is 7.11 Å². The molecule has 3 heteroatoms. The van der Waals surface area contributed by atoms with Gasteiger partial charge in [0.05, 0.1) is 7.11 Å². The quantitative estimate of drug-likeness (QED) is 0.645. The Labute approximate surface area is 149 Å². The van der Waals surface area contributed by atoms with Gasteiger partial charge in [0.15, 0.2) is 11.5 Å². The van der Waals surface area contributed by atoms with Crippen molar-refractivity contribution in [2.75, 3.05) is 12.4 Å². The van der Waals surface area contributed by atoms with Crippen LogP contribution >= 0.6 is 0 Å². The minimum atomic E-state index is 0.526. The van der Waals surface area contributed by atoms with E-state index in [1.165, 1.54) is 5.56 Å². The minimum Gasteiger partial charge on any atom is -0.493 e. The Hall–Kier alpha value is -2.94. The fourth-order valence-corrected chi connectivity index (χ4v) is 2.65. The summed E-state index contributed by atoms with van der Waals surface area (Å²) in [5.74, 6) is 1.51. The van der Waals surface area contributed by atoms with E-state index in [1.807, 2.05) is 54.6 Å². The first-order valence-corrected chi connectivity index (χ1v) is 8.39. The Balaban J connectivity index is 1.66. The van der Waals surface area contributed by atoms with Crippen molar-refractivity contribution in [2.24, 2.45) is 0 Å². The minimum absolute atomic E-state index is 0.526. The normalized spacial score (nSPS) is 10.3. The van der Waals surface area contributed by atoms with Crippen molar-refractivity contribution in [1.29, 1.82) is 0 Å². The Bertz CT molecular complexity index is 815. The van der Waals surface area contributed by atoms with E-state index in [4.69, 9.17) is 9.47 Å². The zero-order valence-corrected chi connectivity index (χ0v) is 14.7. The van der Waals surface area contributed by atoms with E-state index in [0.717, 1.165) is 34.9 Å². The van der Waals surface area contributed by atoms with Crippen LogP contribution < -0.4 is 14.8 Å². The van der Waals surface area contributed by atoms with Crippen molar-refractivity contribution >= 4 is 5.69 Å². The number of rotatable bonds is 7. The molecule has 0 aromatic heterocycles. The Morgan fingerprint density at radius 1 is 0.800 bits per heavy atom. The lowest BCUT2D eigenvalue weighted by atomic mass is 10.1. The lowest BCUT2D eigenvalue weighted by Gasteiger charge is -2.14. The highest BCUT2D eigenvalue weighted by Gasteiger charge is 2.07. The van der Waals surface area contributed by atoms with Gasteiger partial charge < -0.3 is 14.8 Å². The van der Waals surface area contributed by atoms with E-state index in [0.29, 0.717) is 6.61 Å². The monoisotopic (exact) mass is 333 g/mol. The molecular formula is C22H23NO2. The third kappa shape index (κ3) is 4.54. The van der Waals surface area contributed by atoms with Crippen LogP contribution in [0.5, 0.6) is 11.5 Å². The number of hydrogen-bond donors (Lipinski definition) is 1. The summed E-state index contributed by atoms with van der Waals surface area (Å²) < 4.78 is 11.4. The molecule has 3 nitrogen and oxygen atoms in total. The highest BCUT2D eigenvalue weighted by Crippen LogP contribution is 2.29. The van der Waals surface area contributed by atoms with Gasteiger partial charge in [-0.2, -0.15) is 0 Å². The van der Waals surface area contributed by atoms with Gasteiger partial charge >= 0.3 is 0 Å². The molecule has 25 heavy (non-hydrogen) atoms. The summed E-state index contributed by atoms with van der Waals surface area (Å²) in [7, 11) is 1.67. The third-order valence-electron chi connectivity index (χ3n) is 4.09. The van der Waals surface area contributed by atoms with Crippen LogP contribution in [0.2, 0.25) is 0 Å².